The summed E-state index contributed by atoms with van der Waals surface area (Å²) in [5.41, 5.74) is 0.300. The summed E-state index contributed by atoms with van der Waals surface area (Å²) in [6, 6.07) is 6.27. The Labute approximate surface area is 107 Å². The molecule has 18 heavy (non-hydrogen) atoms. The minimum absolute atomic E-state index is 0.0436. The minimum atomic E-state index is -0.471. The molecule has 0 aliphatic rings. The Hall–Kier alpha value is -1.91. The average molecular weight is 250 g/mol. The van der Waals surface area contributed by atoms with Crippen LogP contribution in [0.15, 0.2) is 24.3 Å². The van der Waals surface area contributed by atoms with E-state index in [9.17, 15) is 14.9 Å². The molecule has 0 radical (unpaired) electrons. The van der Waals surface area contributed by atoms with Crippen LogP contribution < -0.4 is 4.90 Å². The van der Waals surface area contributed by atoms with E-state index in [4.69, 9.17) is 0 Å². The number of nitro groups is 1. The number of nitro benzene ring substituents is 1. The van der Waals surface area contributed by atoms with Crippen LogP contribution in [-0.2, 0) is 4.79 Å². The SMILES string of the molecule is CC(C)CCC(=O)N(C)c1ccccc1[N+](=O)[O-]. The zero-order valence-corrected chi connectivity index (χ0v) is 10.9. The van der Waals surface area contributed by atoms with E-state index in [1.54, 1.807) is 25.2 Å². The van der Waals surface area contributed by atoms with Crippen molar-refractivity contribution in [3.63, 3.8) is 0 Å². The number of amides is 1. The molecule has 1 aromatic carbocycles. The number of carbonyl (C=O) groups excluding carboxylic acids is 1. The minimum Gasteiger partial charge on any atom is -0.310 e. The highest BCUT2D eigenvalue weighted by molar-refractivity contribution is 5.95. The van der Waals surface area contributed by atoms with Crippen LogP contribution in [0.3, 0.4) is 0 Å². The molecular formula is C13H18N2O3. The molecule has 0 saturated carbocycles. The van der Waals surface area contributed by atoms with Crippen molar-refractivity contribution < 1.29 is 9.72 Å². The van der Waals surface area contributed by atoms with E-state index < -0.39 is 4.92 Å². The highest BCUT2D eigenvalue weighted by atomic mass is 16.6. The largest absolute Gasteiger partial charge is 0.310 e. The summed E-state index contributed by atoms with van der Waals surface area (Å²) in [6.07, 6.45) is 1.18. The molecule has 0 spiro atoms. The van der Waals surface area contributed by atoms with Gasteiger partial charge in [-0.2, -0.15) is 0 Å². The highest BCUT2D eigenvalue weighted by Gasteiger charge is 2.20. The van der Waals surface area contributed by atoms with Crippen molar-refractivity contribution in [3.8, 4) is 0 Å². The Morgan fingerprint density at radius 2 is 2.00 bits per heavy atom. The van der Waals surface area contributed by atoms with Gasteiger partial charge in [0.25, 0.3) is 5.69 Å². The van der Waals surface area contributed by atoms with Crippen LogP contribution in [0.25, 0.3) is 0 Å². The van der Waals surface area contributed by atoms with E-state index in [-0.39, 0.29) is 11.6 Å². The van der Waals surface area contributed by atoms with Crippen molar-refractivity contribution in [2.45, 2.75) is 26.7 Å². The van der Waals surface area contributed by atoms with Gasteiger partial charge >= 0.3 is 0 Å². The second-order valence-corrected chi connectivity index (χ2v) is 4.63. The topological polar surface area (TPSA) is 63.5 Å². The number of nitrogens with zero attached hydrogens (tertiary/aromatic N) is 2. The van der Waals surface area contributed by atoms with Gasteiger partial charge in [-0.15, -0.1) is 0 Å². The lowest BCUT2D eigenvalue weighted by Gasteiger charge is -2.17. The van der Waals surface area contributed by atoms with Gasteiger partial charge in [-0.25, -0.2) is 0 Å². The fourth-order valence-corrected chi connectivity index (χ4v) is 1.62. The molecule has 0 saturated heterocycles. The molecule has 0 atom stereocenters. The molecule has 5 nitrogen and oxygen atoms in total. The highest BCUT2D eigenvalue weighted by Crippen LogP contribution is 2.27. The summed E-state index contributed by atoms with van der Waals surface area (Å²) in [5.74, 6) is 0.339. The average Bonchev–Trinajstić information content (AvgIpc) is 2.34. The van der Waals surface area contributed by atoms with Crippen molar-refractivity contribution in [2.24, 2.45) is 5.92 Å². The first kappa shape index (κ1) is 14.2. The number of hydrogen-bond acceptors (Lipinski definition) is 3. The van der Waals surface area contributed by atoms with Gasteiger partial charge in [0.1, 0.15) is 5.69 Å². The maximum Gasteiger partial charge on any atom is 0.292 e. The third-order valence-electron chi connectivity index (χ3n) is 2.75. The normalized spacial score (nSPS) is 10.4. The lowest BCUT2D eigenvalue weighted by atomic mass is 10.1. The number of rotatable bonds is 5. The van der Waals surface area contributed by atoms with Crippen molar-refractivity contribution in [2.75, 3.05) is 11.9 Å². The Morgan fingerprint density at radius 3 is 2.56 bits per heavy atom. The first-order chi connectivity index (χ1) is 8.43. The van der Waals surface area contributed by atoms with Gasteiger partial charge in [-0.05, 0) is 18.4 Å². The number of benzene rings is 1. The molecule has 1 amide bonds. The zero-order chi connectivity index (χ0) is 13.7. The number of anilines is 1. The van der Waals surface area contributed by atoms with E-state index in [0.29, 0.717) is 18.0 Å². The maximum absolute atomic E-state index is 11.9. The Kier molecular flexibility index (Phi) is 4.83. The molecule has 0 unspecified atom stereocenters. The Morgan fingerprint density at radius 1 is 1.39 bits per heavy atom. The molecule has 0 N–H and O–H groups in total. The molecule has 0 heterocycles. The molecule has 5 heteroatoms. The predicted molar refractivity (Wildman–Crippen MR) is 70.6 cm³/mol. The van der Waals surface area contributed by atoms with Gasteiger partial charge in [-0.1, -0.05) is 26.0 Å². The summed E-state index contributed by atoms with van der Waals surface area (Å²) in [4.78, 5) is 23.7. The van der Waals surface area contributed by atoms with Crippen molar-refractivity contribution in [3.05, 3.63) is 34.4 Å². The lowest BCUT2D eigenvalue weighted by Crippen LogP contribution is -2.26. The van der Waals surface area contributed by atoms with Crippen LogP contribution in [0.5, 0.6) is 0 Å². The number of carbonyl (C=O) groups is 1. The van der Waals surface area contributed by atoms with Crippen molar-refractivity contribution in [1.29, 1.82) is 0 Å². The summed E-state index contributed by atoms with van der Waals surface area (Å²) in [7, 11) is 1.57. The van der Waals surface area contributed by atoms with Crippen LogP contribution in [0, 0.1) is 16.0 Å². The molecule has 0 fully saturated rings. The summed E-state index contributed by atoms with van der Waals surface area (Å²) in [5, 5.41) is 10.9. The number of para-hydroxylation sites is 2. The lowest BCUT2D eigenvalue weighted by molar-refractivity contribution is -0.384. The first-order valence-corrected chi connectivity index (χ1v) is 5.93. The maximum atomic E-state index is 11.9. The molecule has 1 aromatic rings. The second-order valence-electron chi connectivity index (χ2n) is 4.63. The van der Waals surface area contributed by atoms with Gasteiger partial charge in [0.05, 0.1) is 4.92 Å². The molecule has 98 valence electrons. The molecule has 1 rings (SSSR count). The van der Waals surface area contributed by atoms with E-state index in [1.807, 2.05) is 13.8 Å². The second kappa shape index (κ2) is 6.14. The quantitative estimate of drug-likeness (QED) is 0.596. The monoisotopic (exact) mass is 250 g/mol. The van der Waals surface area contributed by atoms with Gasteiger partial charge in [0.15, 0.2) is 0 Å². The molecule has 0 aliphatic heterocycles. The third kappa shape index (κ3) is 3.55. The van der Waals surface area contributed by atoms with E-state index >= 15 is 0 Å². The van der Waals surface area contributed by atoms with Crippen LogP contribution in [0.1, 0.15) is 26.7 Å². The molecule has 0 aliphatic carbocycles. The number of hydrogen-bond donors (Lipinski definition) is 0. The molecule has 0 bridgehead atoms. The van der Waals surface area contributed by atoms with E-state index in [0.717, 1.165) is 6.42 Å². The van der Waals surface area contributed by atoms with Gasteiger partial charge in [-0.3, -0.25) is 14.9 Å². The van der Waals surface area contributed by atoms with Gasteiger partial charge in [0, 0.05) is 19.5 Å². The van der Waals surface area contributed by atoms with E-state index in [1.165, 1.54) is 11.0 Å². The zero-order valence-electron chi connectivity index (χ0n) is 10.9. The third-order valence-corrected chi connectivity index (χ3v) is 2.75. The first-order valence-electron chi connectivity index (χ1n) is 5.93. The fraction of sp³-hybridized carbons (Fsp3) is 0.462. The summed E-state index contributed by atoms with van der Waals surface area (Å²) >= 11 is 0. The van der Waals surface area contributed by atoms with Crippen LogP contribution in [0.2, 0.25) is 0 Å². The molecular weight excluding hydrogens is 232 g/mol. The predicted octanol–water partition coefficient (Wildman–Crippen LogP) is 2.99. The van der Waals surface area contributed by atoms with Crippen molar-refractivity contribution >= 4 is 17.3 Å². The van der Waals surface area contributed by atoms with Gasteiger partial charge < -0.3 is 4.90 Å². The Bertz CT molecular complexity index is 444. The smallest absolute Gasteiger partial charge is 0.292 e. The fourth-order valence-electron chi connectivity index (χ4n) is 1.62. The molecule has 0 aromatic heterocycles. The van der Waals surface area contributed by atoms with Crippen molar-refractivity contribution in [1.82, 2.24) is 0 Å². The van der Waals surface area contributed by atoms with E-state index in [2.05, 4.69) is 0 Å². The van der Waals surface area contributed by atoms with Crippen LogP contribution in [0.4, 0.5) is 11.4 Å². The van der Waals surface area contributed by atoms with Crippen LogP contribution in [-0.4, -0.2) is 17.9 Å². The Balaban J connectivity index is 2.86. The standard InChI is InChI=1S/C13H18N2O3/c1-10(2)8-9-13(16)14(3)11-6-4-5-7-12(11)15(17)18/h4-7,10H,8-9H2,1-3H3. The summed E-state index contributed by atoms with van der Waals surface area (Å²) in [6.45, 7) is 4.08. The van der Waals surface area contributed by atoms with Gasteiger partial charge in [0.2, 0.25) is 5.91 Å². The summed E-state index contributed by atoms with van der Waals surface area (Å²) < 4.78 is 0. The van der Waals surface area contributed by atoms with Crippen LogP contribution >= 0.6 is 0 Å².